The van der Waals surface area contributed by atoms with Crippen molar-refractivity contribution in [2.75, 3.05) is 32.7 Å². The van der Waals surface area contributed by atoms with Gasteiger partial charge in [0.05, 0.1) is 0 Å². The van der Waals surface area contributed by atoms with Crippen LogP contribution in [-0.2, 0) is 80.7 Å². The molecule has 0 spiro atoms. The second kappa shape index (κ2) is 42.0. The van der Waals surface area contributed by atoms with E-state index in [2.05, 4.69) is 67.8 Å². The van der Waals surface area contributed by atoms with E-state index in [0.717, 1.165) is 41.4 Å². The number of hydrogen-bond acceptors (Lipinski definition) is 21. The molecule has 17 N–H and O–H groups in total. The Morgan fingerprint density at radius 2 is 0.509 bits per heavy atom. The summed E-state index contributed by atoms with van der Waals surface area (Å²) >= 11 is 0. The number of aryl methyl sites for hydroxylation is 5. The first-order valence-electron chi connectivity index (χ1n) is 34.3. The molecule has 41 nitrogen and oxygen atoms in total. The molecule has 578 valence electrons. The van der Waals surface area contributed by atoms with Gasteiger partial charge in [-0.05, 0) is 137 Å². The summed E-state index contributed by atoms with van der Waals surface area (Å²) in [6.45, 7) is 4.38. The molecule has 0 saturated carbocycles. The zero-order valence-corrected chi connectivity index (χ0v) is 59.4. The van der Waals surface area contributed by atoms with E-state index in [1.807, 2.05) is 4.98 Å². The molecule has 5 heterocycles. The molecule has 0 aromatic carbocycles. The molecular weight excluding hydrogens is 1400 g/mol. The van der Waals surface area contributed by atoms with Gasteiger partial charge in [-0.2, -0.15) is 0 Å². The summed E-state index contributed by atoms with van der Waals surface area (Å²) in [5.41, 5.74) is -1.36. The first kappa shape index (κ1) is 84.7. The lowest BCUT2D eigenvalue weighted by Crippen LogP contribution is -2.49. The van der Waals surface area contributed by atoms with Crippen LogP contribution >= 0.6 is 0 Å². The monoisotopic (exact) mass is 1490 g/mol. The Labute approximate surface area is 601 Å². The van der Waals surface area contributed by atoms with Crippen LogP contribution in [0.1, 0.15) is 124 Å². The molecule has 5 aromatic rings. The van der Waals surface area contributed by atoms with E-state index in [-0.39, 0.29) is 137 Å². The van der Waals surface area contributed by atoms with Gasteiger partial charge in [0, 0.05) is 85.0 Å². The highest BCUT2D eigenvalue weighted by molar-refractivity contribution is 5.90. The molecule has 0 aliphatic rings. The van der Waals surface area contributed by atoms with Crippen LogP contribution < -0.4 is 110 Å². The van der Waals surface area contributed by atoms with Crippen LogP contribution in [0, 0.1) is 34.6 Å². The van der Waals surface area contributed by atoms with Crippen LogP contribution in [0.2, 0.25) is 0 Å². The molecule has 0 aliphatic carbocycles. The van der Waals surface area contributed by atoms with Crippen molar-refractivity contribution in [3.05, 3.63) is 163 Å². The number of rotatable bonds is 44. The summed E-state index contributed by atoms with van der Waals surface area (Å²) in [5, 5.41) is 33.4. The molecule has 0 radical (unpaired) electrons. The Morgan fingerprint density at radius 3 is 0.708 bits per heavy atom. The summed E-state index contributed by atoms with van der Waals surface area (Å²) in [6, 6.07) is -6.20. The van der Waals surface area contributed by atoms with Gasteiger partial charge >= 0.3 is 34.4 Å². The summed E-state index contributed by atoms with van der Waals surface area (Å²) in [7, 11) is 0. The fourth-order valence-corrected chi connectivity index (χ4v) is 10.7. The van der Waals surface area contributed by atoms with E-state index in [1.54, 1.807) is 0 Å². The molecule has 41 heteroatoms. The number of nitrogens with zero attached hydrogens (tertiary/aromatic N) is 5. The van der Waals surface area contributed by atoms with Crippen molar-refractivity contribution in [1.29, 1.82) is 0 Å². The lowest BCUT2D eigenvalue weighted by Gasteiger charge is -2.21. The summed E-state index contributed by atoms with van der Waals surface area (Å²) < 4.78 is 4.68. The van der Waals surface area contributed by atoms with Gasteiger partial charge in [0.2, 0.25) is 53.2 Å². The third-order valence-corrected chi connectivity index (χ3v) is 16.6. The minimum Gasteiger partial charge on any atom is -0.480 e. The third kappa shape index (κ3) is 28.0. The lowest BCUT2D eigenvalue weighted by atomic mass is 10.1. The number of nitrogens with one attached hydrogen (secondary N) is 14. The number of nitrogens with two attached hydrogens (primary N) is 1. The number of aromatic nitrogens is 10. The molecule has 0 bridgehead atoms. The first-order valence-corrected chi connectivity index (χ1v) is 34.3. The Hall–Kier alpha value is -11.9. The molecular formula is C65H92N20O21. The van der Waals surface area contributed by atoms with Crippen LogP contribution in [0.25, 0.3) is 0 Å². The van der Waals surface area contributed by atoms with Crippen molar-refractivity contribution in [3.8, 4) is 0 Å². The minimum atomic E-state index is -1.40. The Balaban J connectivity index is 1.21. The second-order valence-electron chi connectivity index (χ2n) is 25.4. The zero-order chi connectivity index (χ0) is 78.3. The van der Waals surface area contributed by atoms with E-state index in [0.29, 0.717) is 19.4 Å². The van der Waals surface area contributed by atoms with Gasteiger partial charge in [0.25, 0.3) is 27.8 Å². The van der Waals surface area contributed by atoms with Gasteiger partial charge in [-0.3, -0.25) is 115 Å². The van der Waals surface area contributed by atoms with E-state index >= 15 is 0 Å². The fraction of sp³-hybridized carbons (Fsp3) is 0.538. The number of aliphatic carboxylic acids is 1. The average molecular weight is 1490 g/mol. The predicted molar refractivity (Wildman–Crippen MR) is 378 cm³/mol. The first-order chi connectivity index (χ1) is 50.2. The van der Waals surface area contributed by atoms with Crippen molar-refractivity contribution < 1.29 is 53.1 Å². The van der Waals surface area contributed by atoms with Crippen LogP contribution in [0.3, 0.4) is 0 Å². The lowest BCUT2D eigenvalue weighted by molar-refractivity contribution is -0.142. The molecule has 5 aromatic heterocycles. The molecule has 0 unspecified atom stereocenters. The highest BCUT2D eigenvalue weighted by Gasteiger charge is 2.27. The van der Waals surface area contributed by atoms with E-state index in [4.69, 9.17) is 5.73 Å². The largest absolute Gasteiger partial charge is 0.480 e. The van der Waals surface area contributed by atoms with E-state index in [1.165, 1.54) is 47.0 Å². The normalized spacial score (nSPS) is 12.5. The van der Waals surface area contributed by atoms with Gasteiger partial charge < -0.3 is 58.7 Å². The number of hydrogen-bond donors (Lipinski definition) is 16. The quantitative estimate of drug-likeness (QED) is 0.0161. The zero-order valence-electron chi connectivity index (χ0n) is 59.4. The standard InChI is InChI=1S/C65H92N20O21/c1-36-26-81(61(102)76-51(36)91)31-46(86)71-41(16-6-11-21-66)56(96)67-22-12-7-17-42(72-47(87)32-82-27-37(2)52(92)77-62(82)103)57(97)68-23-13-8-18-43(73-48(88)33-83-28-38(3)53(93)78-63(83)104)58(98)69-24-14-9-19-44(74-49(89)34-84-29-39(4)54(94)79-64(84)105)59(99)70-25-15-10-20-45(60(100)101)75-50(90)35-85-30-40(5)55(95)80-65(85)106/h26-30,41-45H,6-25,31-35,66H2,1-5H3,(H,67,96)(H,68,97)(H,69,98)(H,70,99)(H,71,86)(H,72,87)(H,73,88)(H,74,89)(H,75,90)(H,100,101)(H,76,91,102)(H,77,92,103)(H,78,93,104)(H,79,94,105)(H,80,95,106)/t41-,42-,43-,44-,45-/m1/s1. The van der Waals surface area contributed by atoms with Crippen molar-refractivity contribution in [2.45, 2.75) is 194 Å². The molecule has 0 fully saturated rings. The maximum atomic E-state index is 14.0. The van der Waals surface area contributed by atoms with Crippen LogP contribution in [0.5, 0.6) is 0 Å². The number of carboxylic acid groups (broad SMARTS) is 1. The smallest absolute Gasteiger partial charge is 0.328 e. The van der Waals surface area contributed by atoms with Crippen molar-refractivity contribution >= 4 is 59.1 Å². The van der Waals surface area contributed by atoms with Gasteiger partial charge in [-0.15, -0.1) is 0 Å². The van der Waals surface area contributed by atoms with Crippen molar-refractivity contribution in [3.63, 3.8) is 0 Å². The number of aromatic amines is 5. The molecule has 5 atom stereocenters. The van der Waals surface area contributed by atoms with Crippen LogP contribution in [0.4, 0.5) is 0 Å². The Bertz CT molecular complexity index is 4630. The maximum Gasteiger partial charge on any atom is 0.328 e. The number of amides is 9. The topological polar surface area (TPSA) is 600 Å². The van der Waals surface area contributed by atoms with Gasteiger partial charge in [0.1, 0.15) is 62.9 Å². The predicted octanol–water partition coefficient (Wildman–Crippen LogP) is -6.94. The van der Waals surface area contributed by atoms with Crippen LogP contribution in [-0.4, -0.2) is 175 Å². The number of carbonyl (C=O) groups is 10. The summed E-state index contributed by atoms with van der Waals surface area (Å²) in [6.07, 6.45) is 8.24. The van der Waals surface area contributed by atoms with E-state index < -0.39 is 178 Å². The Kier molecular flexibility index (Phi) is 33.6. The van der Waals surface area contributed by atoms with Crippen molar-refractivity contribution in [1.82, 2.24) is 95.6 Å². The molecule has 9 amide bonds. The molecule has 106 heavy (non-hydrogen) atoms. The van der Waals surface area contributed by atoms with Gasteiger partial charge in [0.15, 0.2) is 0 Å². The summed E-state index contributed by atoms with van der Waals surface area (Å²) in [4.78, 5) is 266. The van der Waals surface area contributed by atoms with Crippen molar-refractivity contribution in [2.24, 2.45) is 5.73 Å². The van der Waals surface area contributed by atoms with Gasteiger partial charge in [-0.1, -0.05) is 0 Å². The highest BCUT2D eigenvalue weighted by Crippen LogP contribution is 2.09. The minimum absolute atomic E-state index is 0.00820. The summed E-state index contributed by atoms with van der Waals surface area (Å²) in [5.74, 6) is -7.93. The number of H-pyrrole nitrogens is 5. The maximum absolute atomic E-state index is 14.0. The fourth-order valence-electron chi connectivity index (χ4n) is 10.7. The SMILES string of the molecule is Cc1cn(CC(=O)N[C@H](CCCCNC(=O)[C@@H](CCCCNC(=O)[C@@H](CCCCNC(=O)[C@@H](CCCCNC(=O)[C@@H](CCCCN)NC(=O)Cn2cc(C)c(=O)[nH]c2=O)NC(=O)Cn2cc(C)c(=O)[nH]c2=O)NC(=O)Cn2cc(C)c(=O)[nH]c2=O)NC(=O)Cn2cc(C)c(=O)[nH]c2=O)C(=O)O)c(=O)[nH]c1=O. The molecule has 5 rings (SSSR count). The van der Waals surface area contributed by atoms with E-state index in [9.17, 15) is 101 Å². The second-order valence-corrected chi connectivity index (χ2v) is 25.4. The Morgan fingerprint density at radius 1 is 0.321 bits per heavy atom. The molecule has 0 aliphatic heterocycles. The third-order valence-electron chi connectivity index (χ3n) is 16.6. The number of carbonyl (C=O) groups excluding carboxylic acids is 9. The van der Waals surface area contributed by atoms with Crippen LogP contribution in [0.15, 0.2) is 78.9 Å². The number of unbranched alkanes of at least 4 members (excludes halogenated alkanes) is 5. The highest BCUT2D eigenvalue weighted by atomic mass is 16.4. The average Bonchev–Trinajstić information content (AvgIpc) is 0.867. The van der Waals surface area contributed by atoms with Gasteiger partial charge in [-0.25, -0.2) is 28.8 Å². The molecule has 0 saturated heterocycles. The number of carboxylic acids is 1.